The molecule has 92 heavy (non-hydrogen) atoms. The molecule has 18 aromatic rings. The van der Waals surface area contributed by atoms with E-state index >= 15 is 0 Å². The van der Waals surface area contributed by atoms with Crippen LogP contribution < -0.4 is 0 Å². The Morgan fingerprint density at radius 3 is 0.859 bits per heavy atom. The molecule has 0 saturated heterocycles. The van der Waals surface area contributed by atoms with Crippen molar-refractivity contribution in [2.45, 2.75) is 0 Å². The smallest absolute Gasteiger partial charge is 0.164 e. The van der Waals surface area contributed by atoms with Crippen LogP contribution in [0, 0.1) is 0 Å². The summed E-state index contributed by atoms with van der Waals surface area (Å²) < 4.78 is 5.24. The zero-order valence-corrected chi connectivity index (χ0v) is 51.2. The summed E-state index contributed by atoms with van der Waals surface area (Å²) in [5.74, 6) is 3.92. The van der Waals surface area contributed by atoms with E-state index in [4.69, 9.17) is 29.9 Å². The van der Waals surface area contributed by atoms with Gasteiger partial charge in [0.25, 0.3) is 0 Å². The first-order valence-electron chi connectivity index (χ1n) is 30.7. The van der Waals surface area contributed by atoms with Crippen LogP contribution in [0.1, 0.15) is 0 Å². The van der Waals surface area contributed by atoms with Crippen LogP contribution >= 0.6 is 22.7 Å². The highest BCUT2D eigenvalue weighted by atomic mass is 32.1. The van der Waals surface area contributed by atoms with Crippen LogP contribution in [0.3, 0.4) is 0 Å². The molecule has 0 amide bonds. The maximum atomic E-state index is 5.15. The molecule has 18 rings (SSSR count). The van der Waals surface area contributed by atoms with Crippen molar-refractivity contribution in [1.29, 1.82) is 0 Å². The largest absolute Gasteiger partial charge is 0.208 e. The summed E-state index contributed by atoms with van der Waals surface area (Å²) in [7, 11) is 0. The minimum atomic E-state index is 0.649. The summed E-state index contributed by atoms with van der Waals surface area (Å²) in [6, 6.07) is 111. The maximum Gasteiger partial charge on any atom is 0.164 e. The summed E-state index contributed by atoms with van der Waals surface area (Å²) in [6.07, 6.45) is 0. The molecule has 4 heterocycles. The first-order valence-corrected chi connectivity index (χ1v) is 32.4. The lowest BCUT2D eigenvalue weighted by molar-refractivity contribution is 1.07. The van der Waals surface area contributed by atoms with Crippen molar-refractivity contribution >= 4 is 95.3 Å². The molecule has 0 aliphatic heterocycles. The monoisotopic (exact) mass is 1210 g/mol. The quantitative estimate of drug-likeness (QED) is 0.134. The molecule has 8 heteroatoms. The van der Waals surface area contributed by atoms with Crippen LogP contribution in [-0.4, -0.2) is 29.9 Å². The Hall–Kier alpha value is -11.7. The van der Waals surface area contributed by atoms with Gasteiger partial charge >= 0.3 is 0 Å². The Morgan fingerprint density at radius 1 is 0.141 bits per heavy atom. The lowest BCUT2D eigenvalue weighted by atomic mass is 9.93. The molecule has 0 bridgehead atoms. The van der Waals surface area contributed by atoms with Crippen LogP contribution in [0.4, 0.5) is 0 Å². The summed E-state index contributed by atoms with van der Waals surface area (Å²) >= 11 is 3.68. The number of fused-ring (bicyclic) bond motifs is 12. The third kappa shape index (κ3) is 10.3. The number of hydrogen-bond acceptors (Lipinski definition) is 8. The fourth-order valence-electron chi connectivity index (χ4n) is 12.7. The summed E-state index contributed by atoms with van der Waals surface area (Å²) in [4.78, 5) is 30.1. The fraction of sp³-hybridized carbons (Fsp3) is 0. The summed E-state index contributed by atoms with van der Waals surface area (Å²) in [6.45, 7) is 0. The van der Waals surface area contributed by atoms with Crippen LogP contribution in [-0.2, 0) is 0 Å². The molecule has 0 atom stereocenters. The Bertz CT molecular complexity index is 5790. The van der Waals surface area contributed by atoms with Crippen LogP contribution in [0.25, 0.3) is 174 Å². The predicted molar refractivity (Wildman–Crippen MR) is 387 cm³/mol. The van der Waals surface area contributed by atoms with Crippen LogP contribution in [0.5, 0.6) is 0 Å². The number of benzene rings is 14. The number of nitrogens with zero attached hydrogens (tertiary/aromatic N) is 6. The lowest BCUT2D eigenvalue weighted by Crippen LogP contribution is -2.00. The van der Waals surface area contributed by atoms with E-state index in [0.29, 0.717) is 34.9 Å². The van der Waals surface area contributed by atoms with Gasteiger partial charge < -0.3 is 0 Å². The van der Waals surface area contributed by atoms with Gasteiger partial charge in [0.2, 0.25) is 0 Å². The van der Waals surface area contributed by atoms with Crippen molar-refractivity contribution in [1.82, 2.24) is 29.9 Å². The Kier molecular flexibility index (Phi) is 13.8. The molecule has 430 valence electrons. The third-order valence-corrected chi connectivity index (χ3v) is 19.6. The summed E-state index contributed by atoms with van der Waals surface area (Å²) in [5.41, 5.74) is 12.7. The van der Waals surface area contributed by atoms with Crippen molar-refractivity contribution in [3.05, 3.63) is 315 Å². The van der Waals surface area contributed by atoms with Gasteiger partial charge in [-0.25, -0.2) is 29.9 Å². The second-order valence-electron chi connectivity index (χ2n) is 22.9. The van der Waals surface area contributed by atoms with Gasteiger partial charge in [0.1, 0.15) is 0 Å². The number of thiophene rings is 2. The van der Waals surface area contributed by atoms with Gasteiger partial charge in [0.15, 0.2) is 34.9 Å². The van der Waals surface area contributed by atoms with Crippen LogP contribution in [0.2, 0.25) is 0 Å². The molecule has 6 nitrogen and oxygen atoms in total. The van der Waals surface area contributed by atoms with Gasteiger partial charge in [0.05, 0.1) is 0 Å². The first-order chi connectivity index (χ1) is 45.5. The molecule has 0 aliphatic carbocycles. The van der Waals surface area contributed by atoms with Gasteiger partial charge in [-0.15, -0.1) is 22.7 Å². The van der Waals surface area contributed by atoms with E-state index < -0.39 is 0 Å². The second-order valence-corrected chi connectivity index (χ2v) is 25.1. The highest BCUT2D eigenvalue weighted by Crippen LogP contribution is 2.41. The van der Waals surface area contributed by atoms with Crippen molar-refractivity contribution < 1.29 is 0 Å². The van der Waals surface area contributed by atoms with E-state index in [9.17, 15) is 0 Å². The van der Waals surface area contributed by atoms with Gasteiger partial charge in [0, 0.05) is 73.7 Å². The third-order valence-electron chi connectivity index (χ3n) is 17.2. The standard InChI is InChI=1S/C45H27N3S.C39H25N3S/c1-2-11-28(12-3-1)43-46-44(31-14-10-13-29(25-31)30-22-24-42-40(26-30)38-19-8-9-20-41(38)49-42)48-45(47-43)32-21-23-37-35-17-5-4-15-33(35)34-16-6-7-18-36(34)39(37)27-32;1-3-10-26(11-4-1)30-14-9-15-32(24-30)39-41-37(28-12-5-2-6-13-28)40-38(42-39)29-20-18-27(19-21-29)31-22-23-36-34(25-31)33-16-7-8-17-35(33)43-36/h1-27H;1-25H. The minimum Gasteiger partial charge on any atom is -0.208 e. The second kappa shape index (κ2) is 23.4. The predicted octanol–water partition coefficient (Wildman–Crippen LogP) is 22.9. The Labute approximate surface area is 538 Å². The van der Waals surface area contributed by atoms with Crippen molar-refractivity contribution in [3.63, 3.8) is 0 Å². The number of rotatable bonds is 9. The van der Waals surface area contributed by atoms with Gasteiger partial charge in [-0.1, -0.05) is 261 Å². The van der Waals surface area contributed by atoms with E-state index in [2.05, 4.69) is 261 Å². The SMILES string of the molecule is c1ccc(-c2cccc(-c3nc(-c4ccccc4)nc(-c4ccc(-c5ccc6sc7ccccc7c6c5)cc4)n3)c2)cc1.c1ccc(-c2nc(-c3cccc(-c4ccc5sc6ccccc6c5c4)c3)nc(-c3ccc4c5ccccc5c5ccccc5c4c3)n2)cc1. The molecular formula is C84H52N6S2. The molecule has 0 saturated carbocycles. The minimum absolute atomic E-state index is 0.649. The maximum absolute atomic E-state index is 5.15. The molecule has 0 N–H and O–H groups in total. The van der Waals surface area contributed by atoms with E-state index in [1.54, 1.807) is 0 Å². The summed E-state index contributed by atoms with van der Waals surface area (Å²) in [5, 5.41) is 12.6. The topological polar surface area (TPSA) is 77.3 Å². The molecule has 0 unspecified atom stereocenters. The number of hydrogen-bond donors (Lipinski definition) is 0. The average molecular weight is 1210 g/mol. The Morgan fingerprint density at radius 2 is 0.391 bits per heavy atom. The van der Waals surface area contributed by atoms with Crippen molar-refractivity contribution in [2.24, 2.45) is 0 Å². The van der Waals surface area contributed by atoms with E-state index in [1.165, 1.54) is 83.8 Å². The molecule has 4 aromatic heterocycles. The molecule has 14 aromatic carbocycles. The molecule has 0 fully saturated rings. The zero-order valence-electron chi connectivity index (χ0n) is 49.5. The van der Waals surface area contributed by atoms with Gasteiger partial charge in [-0.3, -0.25) is 0 Å². The number of aromatic nitrogens is 6. The van der Waals surface area contributed by atoms with E-state index in [0.717, 1.165) is 55.6 Å². The Balaban J connectivity index is 0.000000142. The average Bonchev–Trinajstić information content (AvgIpc) is 0.988. The van der Waals surface area contributed by atoms with Gasteiger partial charge in [-0.2, -0.15) is 0 Å². The molecule has 0 radical (unpaired) electrons. The van der Waals surface area contributed by atoms with Crippen molar-refractivity contribution in [3.8, 4) is 102 Å². The highest BCUT2D eigenvalue weighted by molar-refractivity contribution is 7.26. The molecular weight excluding hydrogens is 1160 g/mol. The zero-order chi connectivity index (χ0) is 60.9. The molecule has 0 spiro atoms. The first kappa shape index (κ1) is 54.5. The van der Waals surface area contributed by atoms with E-state index in [-0.39, 0.29) is 0 Å². The fourth-order valence-corrected chi connectivity index (χ4v) is 14.8. The normalized spacial score (nSPS) is 11.5. The van der Waals surface area contributed by atoms with Crippen molar-refractivity contribution in [2.75, 3.05) is 0 Å². The van der Waals surface area contributed by atoms with E-state index in [1.807, 2.05) is 77.3 Å². The highest BCUT2D eigenvalue weighted by Gasteiger charge is 2.18. The molecule has 0 aliphatic rings. The lowest BCUT2D eigenvalue weighted by Gasteiger charge is -2.13. The van der Waals surface area contributed by atoms with Gasteiger partial charge in [-0.05, 0) is 120 Å². The van der Waals surface area contributed by atoms with Crippen LogP contribution in [0.15, 0.2) is 315 Å².